The van der Waals surface area contributed by atoms with Gasteiger partial charge in [0.25, 0.3) is 8.32 Å². The second-order valence-corrected chi connectivity index (χ2v) is 14.6. The van der Waals surface area contributed by atoms with Crippen molar-refractivity contribution in [1.29, 1.82) is 0 Å². The van der Waals surface area contributed by atoms with Crippen molar-refractivity contribution in [3.63, 3.8) is 0 Å². The van der Waals surface area contributed by atoms with Crippen LogP contribution in [0.4, 0.5) is 0 Å². The van der Waals surface area contributed by atoms with Crippen molar-refractivity contribution in [1.82, 2.24) is 0 Å². The number of allylic oxidation sites excluding steroid dienone is 1. The summed E-state index contributed by atoms with van der Waals surface area (Å²) in [4.78, 5) is 0. The summed E-state index contributed by atoms with van der Waals surface area (Å²) in [5, 5.41) is 11.7. The van der Waals surface area contributed by atoms with E-state index in [0.717, 1.165) is 38.7 Å². The number of aliphatic hydroxyl groups is 1. The minimum absolute atomic E-state index is 0.0269. The summed E-state index contributed by atoms with van der Waals surface area (Å²) in [7, 11) is -2.43. The molecule has 3 heteroatoms. The molecule has 2 nitrogen and oxygen atoms in total. The Balaban J connectivity index is 1.62. The molecule has 0 atom stereocenters. The first kappa shape index (κ1) is 27.1. The highest BCUT2D eigenvalue weighted by atomic mass is 28.4. The van der Waals surface area contributed by atoms with Crippen LogP contribution in [0.1, 0.15) is 57.6 Å². The highest BCUT2D eigenvalue weighted by molar-refractivity contribution is 6.99. The molecule has 186 valence electrons. The molecule has 0 radical (unpaired) electrons. The molecule has 3 rings (SSSR count). The molecule has 0 aliphatic heterocycles. The summed E-state index contributed by atoms with van der Waals surface area (Å²) in [6.45, 7) is 7.93. The Morgan fingerprint density at radius 3 is 1.77 bits per heavy atom. The molecule has 0 aliphatic rings. The molecule has 0 heterocycles. The van der Waals surface area contributed by atoms with E-state index in [-0.39, 0.29) is 11.6 Å². The molecular formula is C32H42O2Si. The minimum Gasteiger partial charge on any atom is -0.407 e. The SMILES string of the molecule is CC(C)(C)[Si](OCCCCCc1ccccc1CCC=CCO)(c1ccccc1)c1ccccc1. The molecule has 0 spiro atoms. The molecule has 0 fully saturated rings. The van der Waals surface area contributed by atoms with Gasteiger partial charge in [-0.15, -0.1) is 0 Å². The Morgan fingerprint density at radius 2 is 1.23 bits per heavy atom. The molecule has 0 amide bonds. The fourth-order valence-electron chi connectivity index (χ4n) is 5.06. The van der Waals surface area contributed by atoms with E-state index in [1.165, 1.54) is 27.9 Å². The van der Waals surface area contributed by atoms with E-state index >= 15 is 0 Å². The second kappa shape index (κ2) is 13.6. The average Bonchev–Trinajstić information content (AvgIpc) is 2.87. The third-order valence-electron chi connectivity index (χ3n) is 6.80. The number of hydrogen-bond donors (Lipinski definition) is 1. The molecular weight excluding hydrogens is 444 g/mol. The maximum atomic E-state index is 8.93. The topological polar surface area (TPSA) is 29.5 Å². The Kier molecular flexibility index (Phi) is 10.5. The number of aliphatic hydroxyl groups excluding tert-OH is 1. The van der Waals surface area contributed by atoms with Gasteiger partial charge in [0, 0.05) is 6.61 Å². The van der Waals surface area contributed by atoms with Crippen molar-refractivity contribution >= 4 is 18.7 Å². The van der Waals surface area contributed by atoms with Crippen LogP contribution in [0.15, 0.2) is 97.1 Å². The monoisotopic (exact) mass is 486 g/mol. The summed E-state index contributed by atoms with van der Waals surface area (Å²) >= 11 is 0. The second-order valence-electron chi connectivity index (χ2n) is 10.3. The van der Waals surface area contributed by atoms with Crippen molar-refractivity contribution in [3.8, 4) is 0 Å². The number of unbranched alkanes of at least 4 members (excludes halogenated alkanes) is 2. The fraction of sp³-hybridized carbons (Fsp3) is 0.375. The quantitative estimate of drug-likeness (QED) is 0.171. The fourth-order valence-corrected chi connectivity index (χ4v) is 9.66. The number of rotatable bonds is 13. The van der Waals surface area contributed by atoms with Crippen LogP contribution in [0, 0.1) is 0 Å². The van der Waals surface area contributed by atoms with Gasteiger partial charge in [-0.05, 0) is 58.6 Å². The lowest BCUT2D eigenvalue weighted by molar-refractivity contribution is 0.287. The summed E-state index contributed by atoms with van der Waals surface area (Å²) in [5.74, 6) is 0. The van der Waals surface area contributed by atoms with Crippen LogP contribution >= 0.6 is 0 Å². The van der Waals surface area contributed by atoms with Gasteiger partial charge in [0.1, 0.15) is 0 Å². The lowest BCUT2D eigenvalue weighted by atomic mass is 9.98. The van der Waals surface area contributed by atoms with E-state index in [1.54, 1.807) is 0 Å². The van der Waals surface area contributed by atoms with Crippen LogP contribution in [0.2, 0.25) is 5.04 Å². The Morgan fingerprint density at radius 1 is 0.686 bits per heavy atom. The van der Waals surface area contributed by atoms with E-state index < -0.39 is 8.32 Å². The molecule has 3 aromatic rings. The first-order valence-electron chi connectivity index (χ1n) is 13.1. The predicted octanol–water partition coefficient (Wildman–Crippen LogP) is 6.46. The summed E-state index contributed by atoms with van der Waals surface area (Å²) in [5.41, 5.74) is 2.89. The molecule has 0 saturated heterocycles. The first-order valence-corrected chi connectivity index (χ1v) is 15.0. The number of hydrogen-bond acceptors (Lipinski definition) is 2. The van der Waals surface area contributed by atoms with Crippen molar-refractivity contribution < 1.29 is 9.53 Å². The normalized spacial score (nSPS) is 12.3. The molecule has 0 saturated carbocycles. The predicted molar refractivity (Wildman–Crippen MR) is 152 cm³/mol. The lowest BCUT2D eigenvalue weighted by Gasteiger charge is -2.43. The standard InChI is InChI=1S/C32H42O2Si/c1-32(2,3)35(30-22-10-4-11-23-30,31-24-12-5-13-25-31)34-27-17-7-9-19-29-21-15-14-20-28(29)18-8-6-16-26-33/h4-6,10-16,20-25,33H,7-9,17-19,26-27H2,1-3H3. The van der Waals surface area contributed by atoms with Gasteiger partial charge < -0.3 is 9.53 Å². The summed E-state index contributed by atoms with van der Waals surface area (Å²) in [6, 6.07) is 30.6. The van der Waals surface area contributed by atoms with Gasteiger partial charge in [-0.1, -0.05) is 124 Å². The van der Waals surface area contributed by atoms with E-state index in [1.807, 2.05) is 6.08 Å². The first-order chi connectivity index (χ1) is 17.0. The molecule has 3 aromatic carbocycles. The van der Waals surface area contributed by atoms with E-state index in [4.69, 9.17) is 9.53 Å². The van der Waals surface area contributed by atoms with Gasteiger partial charge >= 0.3 is 0 Å². The highest BCUT2D eigenvalue weighted by Gasteiger charge is 2.49. The van der Waals surface area contributed by atoms with Crippen molar-refractivity contribution in [3.05, 3.63) is 108 Å². The largest absolute Gasteiger partial charge is 0.407 e. The van der Waals surface area contributed by atoms with Crippen LogP contribution in [-0.4, -0.2) is 26.6 Å². The zero-order valence-corrected chi connectivity index (χ0v) is 22.7. The van der Waals surface area contributed by atoms with Gasteiger partial charge in [-0.2, -0.15) is 0 Å². The van der Waals surface area contributed by atoms with Crippen LogP contribution in [0.25, 0.3) is 0 Å². The third kappa shape index (κ3) is 7.27. The molecule has 0 unspecified atom stereocenters. The number of benzene rings is 3. The molecule has 0 aliphatic carbocycles. The third-order valence-corrected chi connectivity index (χ3v) is 11.8. The van der Waals surface area contributed by atoms with Gasteiger partial charge in [0.2, 0.25) is 0 Å². The zero-order chi connectivity index (χ0) is 25.0. The summed E-state index contributed by atoms with van der Waals surface area (Å²) < 4.78 is 7.03. The maximum absolute atomic E-state index is 8.93. The van der Waals surface area contributed by atoms with Gasteiger partial charge in [0.05, 0.1) is 6.61 Å². The van der Waals surface area contributed by atoms with Crippen molar-refractivity contribution in [2.75, 3.05) is 13.2 Å². The van der Waals surface area contributed by atoms with Crippen molar-refractivity contribution in [2.24, 2.45) is 0 Å². The van der Waals surface area contributed by atoms with Crippen LogP contribution in [0.3, 0.4) is 0 Å². The molecule has 0 aromatic heterocycles. The number of aryl methyl sites for hydroxylation is 2. The van der Waals surface area contributed by atoms with Gasteiger partial charge in [-0.3, -0.25) is 0 Å². The zero-order valence-electron chi connectivity index (χ0n) is 21.7. The smallest absolute Gasteiger partial charge is 0.261 e. The minimum atomic E-state index is -2.43. The van der Waals surface area contributed by atoms with Crippen LogP contribution in [0.5, 0.6) is 0 Å². The highest BCUT2D eigenvalue weighted by Crippen LogP contribution is 2.36. The van der Waals surface area contributed by atoms with Crippen LogP contribution in [-0.2, 0) is 17.3 Å². The lowest BCUT2D eigenvalue weighted by Crippen LogP contribution is -2.66. The Labute approximate surface area is 213 Å². The van der Waals surface area contributed by atoms with Gasteiger partial charge in [0.15, 0.2) is 0 Å². The van der Waals surface area contributed by atoms with Gasteiger partial charge in [-0.25, -0.2) is 0 Å². The van der Waals surface area contributed by atoms with Crippen molar-refractivity contribution in [2.45, 2.75) is 64.3 Å². The summed E-state index contributed by atoms with van der Waals surface area (Å²) in [6.07, 6.45) is 10.4. The molecule has 0 bridgehead atoms. The van der Waals surface area contributed by atoms with Crippen LogP contribution < -0.4 is 10.4 Å². The molecule has 1 N–H and O–H groups in total. The Hall–Kier alpha value is -2.46. The molecule has 35 heavy (non-hydrogen) atoms. The average molecular weight is 487 g/mol. The van der Waals surface area contributed by atoms with E-state index in [2.05, 4.69) is 112 Å². The van der Waals surface area contributed by atoms with E-state index in [9.17, 15) is 0 Å². The Bertz CT molecular complexity index is 983. The maximum Gasteiger partial charge on any atom is 0.261 e. The van der Waals surface area contributed by atoms with E-state index in [0.29, 0.717) is 0 Å².